The van der Waals surface area contributed by atoms with Gasteiger partial charge in [0.1, 0.15) is 13.2 Å². The SMILES string of the molecule is O=C(Cc1c[nH]c2ccccc12)OCCOc1c(Cl)cccc1Cl. The number of H-pyrrole nitrogens is 1. The lowest BCUT2D eigenvalue weighted by atomic mass is 10.1. The molecule has 6 heteroatoms. The average Bonchev–Trinajstić information content (AvgIpc) is 2.97. The fourth-order valence-corrected chi connectivity index (χ4v) is 2.91. The van der Waals surface area contributed by atoms with Crippen molar-refractivity contribution in [2.45, 2.75) is 6.42 Å². The van der Waals surface area contributed by atoms with Crippen LogP contribution in [0.5, 0.6) is 5.75 Å². The summed E-state index contributed by atoms with van der Waals surface area (Å²) in [5, 5.41) is 1.87. The van der Waals surface area contributed by atoms with E-state index in [1.807, 2.05) is 30.5 Å². The highest BCUT2D eigenvalue weighted by molar-refractivity contribution is 6.37. The Labute approximate surface area is 149 Å². The second kappa shape index (κ2) is 7.60. The molecule has 0 aliphatic heterocycles. The number of rotatable bonds is 6. The van der Waals surface area contributed by atoms with E-state index in [-0.39, 0.29) is 25.6 Å². The fraction of sp³-hybridized carbons (Fsp3) is 0.167. The Morgan fingerprint density at radius 3 is 2.54 bits per heavy atom. The lowest BCUT2D eigenvalue weighted by molar-refractivity contribution is -0.143. The highest BCUT2D eigenvalue weighted by Gasteiger charge is 2.10. The van der Waals surface area contributed by atoms with Gasteiger partial charge in [-0.15, -0.1) is 0 Å². The van der Waals surface area contributed by atoms with Crippen molar-refractivity contribution >= 4 is 40.1 Å². The number of esters is 1. The zero-order chi connectivity index (χ0) is 16.9. The second-order valence-electron chi connectivity index (χ2n) is 5.16. The zero-order valence-electron chi connectivity index (χ0n) is 12.7. The first-order valence-electron chi connectivity index (χ1n) is 7.42. The monoisotopic (exact) mass is 363 g/mol. The maximum Gasteiger partial charge on any atom is 0.310 e. The van der Waals surface area contributed by atoms with Crippen LogP contribution >= 0.6 is 23.2 Å². The molecule has 0 aliphatic carbocycles. The number of aromatic nitrogens is 1. The quantitative estimate of drug-likeness (QED) is 0.512. The predicted octanol–water partition coefficient (Wildman–Crippen LogP) is 4.64. The molecule has 0 spiro atoms. The molecule has 0 amide bonds. The minimum atomic E-state index is -0.311. The molecule has 1 aromatic heterocycles. The van der Waals surface area contributed by atoms with Crippen molar-refractivity contribution < 1.29 is 14.3 Å². The Balaban J connectivity index is 1.49. The Bertz CT molecular complexity index is 840. The van der Waals surface area contributed by atoms with Crippen LogP contribution in [-0.2, 0) is 16.0 Å². The molecule has 1 heterocycles. The summed E-state index contributed by atoms with van der Waals surface area (Å²) in [6.45, 7) is 0.311. The lowest BCUT2D eigenvalue weighted by Gasteiger charge is -2.10. The number of carbonyl (C=O) groups is 1. The fourth-order valence-electron chi connectivity index (χ4n) is 2.40. The van der Waals surface area contributed by atoms with E-state index in [2.05, 4.69) is 4.98 Å². The van der Waals surface area contributed by atoms with Crippen LogP contribution in [0.2, 0.25) is 10.0 Å². The highest BCUT2D eigenvalue weighted by Crippen LogP contribution is 2.32. The van der Waals surface area contributed by atoms with Crippen LogP contribution in [0.25, 0.3) is 10.9 Å². The topological polar surface area (TPSA) is 51.3 Å². The van der Waals surface area contributed by atoms with E-state index in [9.17, 15) is 4.79 Å². The van der Waals surface area contributed by atoms with Crippen LogP contribution in [0, 0.1) is 0 Å². The summed E-state index contributed by atoms with van der Waals surface area (Å²) in [6.07, 6.45) is 2.03. The minimum absolute atomic E-state index is 0.128. The van der Waals surface area contributed by atoms with E-state index in [1.54, 1.807) is 18.2 Å². The standard InChI is InChI=1S/C18H15Cl2NO3/c19-14-5-3-6-15(20)18(14)24-9-8-23-17(22)10-12-11-21-16-7-2-1-4-13(12)16/h1-7,11,21H,8-10H2. The minimum Gasteiger partial charge on any atom is -0.487 e. The third kappa shape index (κ3) is 3.83. The number of benzene rings is 2. The normalized spacial score (nSPS) is 10.8. The van der Waals surface area contributed by atoms with Gasteiger partial charge in [0.15, 0.2) is 5.75 Å². The lowest BCUT2D eigenvalue weighted by Crippen LogP contribution is -2.14. The molecule has 0 aliphatic rings. The summed E-state index contributed by atoms with van der Waals surface area (Å²) >= 11 is 12.0. The maximum absolute atomic E-state index is 12.0. The highest BCUT2D eigenvalue weighted by atomic mass is 35.5. The molecule has 0 fully saturated rings. The molecule has 2 aromatic carbocycles. The van der Waals surface area contributed by atoms with Gasteiger partial charge >= 0.3 is 5.97 Å². The van der Waals surface area contributed by atoms with Crippen LogP contribution in [-0.4, -0.2) is 24.2 Å². The van der Waals surface area contributed by atoms with E-state index in [0.29, 0.717) is 15.8 Å². The van der Waals surface area contributed by atoms with E-state index in [1.165, 1.54) is 0 Å². The molecule has 3 rings (SSSR count). The first kappa shape index (κ1) is 16.7. The number of hydrogen-bond donors (Lipinski definition) is 1. The van der Waals surface area contributed by atoms with E-state index in [0.717, 1.165) is 16.5 Å². The van der Waals surface area contributed by atoms with Gasteiger partial charge in [-0.2, -0.15) is 0 Å². The van der Waals surface area contributed by atoms with E-state index in [4.69, 9.17) is 32.7 Å². The van der Waals surface area contributed by atoms with Crippen LogP contribution in [0.15, 0.2) is 48.7 Å². The third-order valence-electron chi connectivity index (χ3n) is 3.52. The molecule has 0 bridgehead atoms. The molecule has 0 unspecified atom stereocenters. The van der Waals surface area contributed by atoms with Gasteiger partial charge in [0, 0.05) is 17.1 Å². The third-order valence-corrected chi connectivity index (χ3v) is 4.12. The van der Waals surface area contributed by atoms with Crippen molar-refractivity contribution in [2.24, 2.45) is 0 Å². The van der Waals surface area contributed by atoms with Crippen LogP contribution in [0.4, 0.5) is 0 Å². The van der Waals surface area contributed by atoms with Gasteiger partial charge in [0.25, 0.3) is 0 Å². The van der Waals surface area contributed by atoms with Crippen molar-refractivity contribution in [2.75, 3.05) is 13.2 Å². The molecule has 0 atom stereocenters. The van der Waals surface area contributed by atoms with Crippen LogP contribution < -0.4 is 4.74 Å². The first-order chi connectivity index (χ1) is 11.6. The van der Waals surface area contributed by atoms with E-state index < -0.39 is 0 Å². The molecule has 4 nitrogen and oxygen atoms in total. The Kier molecular flexibility index (Phi) is 5.28. The average molecular weight is 364 g/mol. The molecule has 0 saturated carbocycles. The predicted molar refractivity (Wildman–Crippen MR) is 94.9 cm³/mol. The summed E-state index contributed by atoms with van der Waals surface area (Å²) in [7, 11) is 0. The summed E-state index contributed by atoms with van der Waals surface area (Å²) in [6, 6.07) is 12.9. The summed E-state index contributed by atoms with van der Waals surface area (Å²) in [4.78, 5) is 15.1. The number of halogens is 2. The smallest absolute Gasteiger partial charge is 0.310 e. The molecule has 3 aromatic rings. The number of hydrogen-bond acceptors (Lipinski definition) is 3. The molecule has 0 radical (unpaired) electrons. The van der Waals surface area contributed by atoms with Crippen LogP contribution in [0.3, 0.4) is 0 Å². The largest absolute Gasteiger partial charge is 0.487 e. The molecule has 0 saturated heterocycles. The first-order valence-corrected chi connectivity index (χ1v) is 8.18. The van der Waals surface area contributed by atoms with Gasteiger partial charge in [0.2, 0.25) is 0 Å². The van der Waals surface area contributed by atoms with Gasteiger partial charge in [-0.25, -0.2) is 0 Å². The Hall–Kier alpha value is -2.17. The maximum atomic E-state index is 12.0. The van der Waals surface area contributed by atoms with Crippen molar-refractivity contribution in [3.63, 3.8) is 0 Å². The number of nitrogens with one attached hydrogen (secondary N) is 1. The van der Waals surface area contributed by atoms with Gasteiger partial charge in [-0.05, 0) is 23.8 Å². The summed E-state index contributed by atoms with van der Waals surface area (Å²) in [5.41, 5.74) is 1.91. The number of fused-ring (bicyclic) bond motifs is 1. The van der Waals surface area contributed by atoms with Gasteiger partial charge in [-0.3, -0.25) is 4.79 Å². The Morgan fingerprint density at radius 2 is 1.75 bits per heavy atom. The Morgan fingerprint density at radius 1 is 1.00 bits per heavy atom. The zero-order valence-corrected chi connectivity index (χ0v) is 14.2. The van der Waals surface area contributed by atoms with Crippen molar-refractivity contribution in [1.82, 2.24) is 4.98 Å². The van der Waals surface area contributed by atoms with Crippen molar-refractivity contribution in [3.05, 3.63) is 64.3 Å². The molecule has 24 heavy (non-hydrogen) atoms. The van der Waals surface area contributed by atoms with Gasteiger partial charge in [0.05, 0.1) is 16.5 Å². The van der Waals surface area contributed by atoms with Gasteiger partial charge < -0.3 is 14.5 Å². The van der Waals surface area contributed by atoms with Crippen LogP contribution in [0.1, 0.15) is 5.56 Å². The molecule has 124 valence electrons. The van der Waals surface area contributed by atoms with Crippen molar-refractivity contribution in [3.8, 4) is 5.75 Å². The number of para-hydroxylation sites is 2. The number of carbonyl (C=O) groups excluding carboxylic acids is 1. The molecular formula is C18H15Cl2NO3. The summed E-state index contributed by atoms with van der Waals surface area (Å²) < 4.78 is 10.7. The van der Waals surface area contributed by atoms with Crippen molar-refractivity contribution in [1.29, 1.82) is 0 Å². The number of ether oxygens (including phenoxy) is 2. The summed E-state index contributed by atoms with van der Waals surface area (Å²) in [5.74, 6) is 0.0853. The molecule has 1 N–H and O–H groups in total. The van der Waals surface area contributed by atoms with Gasteiger partial charge in [-0.1, -0.05) is 47.5 Å². The molecular weight excluding hydrogens is 349 g/mol. The second-order valence-corrected chi connectivity index (χ2v) is 5.97. The van der Waals surface area contributed by atoms with E-state index >= 15 is 0 Å². The number of aromatic amines is 1.